The Morgan fingerprint density at radius 1 is 1.50 bits per heavy atom. The highest BCUT2D eigenvalue weighted by Gasteiger charge is 2.19. The average Bonchev–Trinajstić information content (AvgIpc) is 2.47. The van der Waals surface area contributed by atoms with Gasteiger partial charge in [0, 0.05) is 6.54 Å². The zero-order valence-corrected chi connectivity index (χ0v) is 9.36. The summed E-state index contributed by atoms with van der Waals surface area (Å²) in [6.07, 6.45) is 2.89. The second kappa shape index (κ2) is 4.09. The number of hydrogen-bond donors (Lipinski definition) is 1. The summed E-state index contributed by atoms with van der Waals surface area (Å²) < 4.78 is 1.79. The van der Waals surface area contributed by atoms with Crippen LogP contribution in [0.2, 0.25) is 0 Å². The van der Waals surface area contributed by atoms with Crippen molar-refractivity contribution in [3.63, 3.8) is 0 Å². The number of aryl methyl sites for hydroxylation is 1. The van der Waals surface area contributed by atoms with Crippen molar-refractivity contribution in [1.29, 1.82) is 0 Å². The van der Waals surface area contributed by atoms with Crippen molar-refractivity contribution in [3.05, 3.63) is 11.9 Å². The Morgan fingerprint density at radius 3 is 2.57 bits per heavy atom. The normalized spacial score (nSPS) is 12.4. The van der Waals surface area contributed by atoms with Gasteiger partial charge in [-0.1, -0.05) is 19.1 Å². The SMILES string of the molecule is CC(C)CCn1cc(C(C)(C)O)nn1. The van der Waals surface area contributed by atoms with Gasteiger partial charge in [0.05, 0.1) is 6.20 Å². The molecule has 0 aliphatic rings. The summed E-state index contributed by atoms with van der Waals surface area (Å²) in [7, 11) is 0. The molecule has 4 heteroatoms. The minimum atomic E-state index is -0.893. The molecule has 0 saturated heterocycles. The largest absolute Gasteiger partial charge is 0.384 e. The van der Waals surface area contributed by atoms with Crippen LogP contribution in [0.3, 0.4) is 0 Å². The van der Waals surface area contributed by atoms with E-state index in [0.29, 0.717) is 11.6 Å². The maximum Gasteiger partial charge on any atom is 0.114 e. The van der Waals surface area contributed by atoms with Crippen molar-refractivity contribution in [1.82, 2.24) is 15.0 Å². The fourth-order valence-electron chi connectivity index (χ4n) is 1.08. The van der Waals surface area contributed by atoms with Crippen LogP contribution < -0.4 is 0 Å². The highest BCUT2D eigenvalue weighted by Crippen LogP contribution is 2.15. The molecule has 0 aliphatic heterocycles. The van der Waals surface area contributed by atoms with Gasteiger partial charge in [0.1, 0.15) is 11.3 Å². The third-order valence-electron chi connectivity index (χ3n) is 2.10. The molecule has 1 aromatic heterocycles. The van der Waals surface area contributed by atoms with E-state index in [2.05, 4.69) is 24.2 Å². The summed E-state index contributed by atoms with van der Waals surface area (Å²) >= 11 is 0. The van der Waals surface area contributed by atoms with Crippen LogP contribution >= 0.6 is 0 Å². The Bertz CT molecular complexity index is 286. The lowest BCUT2D eigenvalue weighted by molar-refractivity contribution is 0.0737. The molecule has 0 aromatic carbocycles. The molecule has 1 N–H and O–H groups in total. The van der Waals surface area contributed by atoms with E-state index in [-0.39, 0.29) is 0 Å². The van der Waals surface area contributed by atoms with E-state index >= 15 is 0 Å². The fourth-order valence-corrected chi connectivity index (χ4v) is 1.08. The molecule has 1 aromatic rings. The van der Waals surface area contributed by atoms with Crippen molar-refractivity contribution in [3.8, 4) is 0 Å². The van der Waals surface area contributed by atoms with Crippen LogP contribution in [0.15, 0.2) is 6.20 Å². The minimum Gasteiger partial charge on any atom is -0.384 e. The first kappa shape index (κ1) is 11.2. The Labute approximate surface area is 84.9 Å². The maximum absolute atomic E-state index is 9.66. The molecule has 0 spiro atoms. The quantitative estimate of drug-likeness (QED) is 0.796. The number of rotatable bonds is 4. The molecule has 0 aliphatic carbocycles. The van der Waals surface area contributed by atoms with E-state index in [9.17, 15) is 5.11 Å². The molecule has 0 atom stereocenters. The first-order chi connectivity index (χ1) is 6.39. The Morgan fingerprint density at radius 2 is 2.14 bits per heavy atom. The number of aliphatic hydroxyl groups is 1. The van der Waals surface area contributed by atoms with Gasteiger partial charge >= 0.3 is 0 Å². The van der Waals surface area contributed by atoms with E-state index in [0.717, 1.165) is 13.0 Å². The molecular formula is C10H19N3O. The third-order valence-corrected chi connectivity index (χ3v) is 2.10. The monoisotopic (exact) mass is 197 g/mol. The van der Waals surface area contributed by atoms with Crippen LogP contribution in [-0.2, 0) is 12.1 Å². The van der Waals surface area contributed by atoms with Gasteiger partial charge in [0.15, 0.2) is 0 Å². The molecule has 0 fully saturated rings. The first-order valence-corrected chi connectivity index (χ1v) is 5.02. The molecule has 4 nitrogen and oxygen atoms in total. The zero-order valence-electron chi connectivity index (χ0n) is 9.36. The lowest BCUT2D eigenvalue weighted by Gasteiger charge is -2.11. The lowest BCUT2D eigenvalue weighted by atomic mass is 10.1. The predicted molar refractivity (Wildman–Crippen MR) is 54.7 cm³/mol. The Kier molecular flexibility index (Phi) is 3.26. The standard InChI is InChI=1S/C10H19N3O/c1-8(2)5-6-13-7-9(11-12-13)10(3,4)14/h7-8,14H,5-6H2,1-4H3. The summed E-state index contributed by atoms with van der Waals surface area (Å²) in [6, 6.07) is 0. The summed E-state index contributed by atoms with van der Waals surface area (Å²) in [5.41, 5.74) is -0.267. The molecule has 1 rings (SSSR count). The number of hydrogen-bond acceptors (Lipinski definition) is 3. The van der Waals surface area contributed by atoms with Crippen LogP contribution in [-0.4, -0.2) is 20.1 Å². The van der Waals surface area contributed by atoms with Gasteiger partial charge in [-0.3, -0.25) is 4.68 Å². The highest BCUT2D eigenvalue weighted by atomic mass is 16.3. The van der Waals surface area contributed by atoms with E-state index in [4.69, 9.17) is 0 Å². The molecule has 14 heavy (non-hydrogen) atoms. The molecule has 0 unspecified atom stereocenters. The molecule has 0 radical (unpaired) electrons. The molecule has 1 heterocycles. The fraction of sp³-hybridized carbons (Fsp3) is 0.800. The predicted octanol–water partition coefficient (Wildman–Crippen LogP) is 1.55. The molecular weight excluding hydrogens is 178 g/mol. The Balaban J connectivity index is 2.60. The van der Waals surface area contributed by atoms with Crippen LogP contribution in [0.25, 0.3) is 0 Å². The van der Waals surface area contributed by atoms with Crippen LogP contribution in [0.1, 0.15) is 39.8 Å². The van der Waals surface area contributed by atoms with Gasteiger partial charge in [0.2, 0.25) is 0 Å². The van der Waals surface area contributed by atoms with Crippen LogP contribution in [0, 0.1) is 5.92 Å². The van der Waals surface area contributed by atoms with Gasteiger partial charge in [-0.25, -0.2) is 0 Å². The van der Waals surface area contributed by atoms with Crippen molar-refractivity contribution >= 4 is 0 Å². The molecule has 0 bridgehead atoms. The van der Waals surface area contributed by atoms with Gasteiger partial charge < -0.3 is 5.11 Å². The number of nitrogens with zero attached hydrogens (tertiary/aromatic N) is 3. The van der Waals surface area contributed by atoms with Crippen molar-refractivity contribution < 1.29 is 5.11 Å². The van der Waals surface area contributed by atoms with E-state index in [1.165, 1.54) is 0 Å². The van der Waals surface area contributed by atoms with Gasteiger partial charge in [-0.15, -0.1) is 5.10 Å². The molecule has 0 saturated carbocycles. The highest BCUT2D eigenvalue weighted by molar-refractivity contribution is 5.02. The van der Waals surface area contributed by atoms with Crippen molar-refractivity contribution in [2.75, 3.05) is 0 Å². The second-order valence-electron chi connectivity index (χ2n) is 4.61. The third kappa shape index (κ3) is 3.10. The smallest absolute Gasteiger partial charge is 0.114 e. The van der Waals surface area contributed by atoms with Gasteiger partial charge in [0.25, 0.3) is 0 Å². The summed E-state index contributed by atoms with van der Waals surface area (Å²) in [5, 5.41) is 17.6. The summed E-state index contributed by atoms with van der Waals surface area (Å²) in [6.45, 7) is 8.63. The first-order valence-electron chi connectivity index (χ1n) is 5.02. The average molecular weight is 197 g/mol. The van der Waals surface area contributed by atoms with Gasteiger partial charge in [-0.05, 0) is 26.2 Å². The van der Waals surface area contributed by atoms with Gasteiger partial charge in [-0.2, -0.15) is 0 Å². The number of aromatic nitrogens is 3. The minimum absolute atomic E-state index is 0.626. The van der Waals surface area contributed by atoms with E-state index in [1.54, 1.807) is 18.5 Å². The topological polar surface area (TPSA) is 50.9 Å². The maximum atomic E-state index is 9.66. The van der Waals surface area contributed by atoms with Crippen molar-refractivity contribution in [2.45, 2.75) is 46.3 Å². The van der Waals surface area contributed by atoms with E-state index < -0.39 is 5.60 Å². The van der Waals surface area contributed by atoms with Crippen LogP contribution in [0.4, 0.5) is 0 Å². The zero-order chi connectivity index (χ0) is 10.8. The van der Waals surface area contributed by atoms with Crippen LogP contribution in [0.5, 0.6) is 0 Å². The Hall–Kier alpha value is -0.900. The second-order valence-corrected chi connectivity index (χ2v) is 4.61. The van der Waals surface area contributed by atoms with E-state index in [1.807, 2.05) is 6.20 Å². The lowest BCUT2D eigenvalue weighted by Crippen LogP contribution is -2.15. The molecule has 0 amide bonds. The van der Waals surface area contributed by atoms with Crippen molar-refractivity contribution in [2.24, 2.45) is 5.92 Å². The summed E-state index contributed by atoms with van der Waals surface area (Å²) in [5.74, 6) is 0.657. The molecule has 80 valence electrons. The summed E-state index contributed by atoms with van der Waals surface area (Å²) in [4.78, 5) is 0.